The van der Waals surface area contributed by atoms with E-state index in [1.54, 1.807) is 12.4 Å². The number of para-hydroxylation sites is 1. The molecule has 0 aliphatic heterocycles. The standard InChI is InChI=1S/C16H10N2O/c1-2-9-17-13(7-1)11-5-3-6-12-15-14(19-16(11)12)8-4-10-18-15/h1-10H. The Morgan fingerprint density at radius 3 is 2.63 bits per heavy atom. The molecule has 3 nitrogen and oxygen atoms in total. The molecule has 0 amide bonds. The highest BCUT2D eigenvalue weighted by molar-refractivity contribution is 6.07. The predicted octanol–water partition coefficient (Wildman–Crippen LogP) is 4.04. The van der Waals surface area contributed by atoms with Crippen molar-refractivity contribution in [3.63, 3.8) is 0 Å². The highest BCUT2D eigenvalue weighted by atomic mass is 16.3. The van der Waals surface area contributed by atoms with Crippen molar-refractivity contribution in [3.8, 4) is 11.3 Å². The first-order valence-electron chi connectivity index (χ1n) is 6.11. The van der Waals surface area contributed by atoms with Gasteiger partial charge in [-0.3, -0.25) is 9.97 Å². The van der Waals surface area contributed by atoms with E-state index < -0.39 is 0 Å². The summed E-state index contributed by atoms with van der Waals surface area (Å²) in [5.74, 6) is 0. The Bertz CT molecular complexity index is 866. The second-order valence-electron chi connectivity index (χ2n) is 4.35. The van der Waals surface area contributed by atoms with Gasteiger partial charge in [-0.25, -0.2) is 0 Å². The zero-order chi connectivity index (χ0) is 12.7. The zero-order valence-corrected chi connectivity index (χ0v) is 10.1. The van der Waals surface area contributed by atoms with Gasteiger partial charge in [-0.2, -0.15) is 0 Å². The minimum atomic E-state index is 0.806. The fourth-order valence-corrected chi connectivity index (χ4v) is 2.34. The van der Waals surface area contributed by atoms with Crippen molar-refractivity contribution in [1.82, 2.24) is 9.97 Å². The maximum absolute atomic E-state index is 5.94. The monoisotopic (exact) mass is 246 g/mol. The smallest absolute Gasteiger partial charge is 0.153 e. The number of hydrogen-bond donors (Lipinski definition) is 0. The molecule has 19 heavy (non-hydrogen) atoms. The van der Waals surface area contributed by atoms with E-state index in [4.69, 9.17) is 4.42 Å². The van der Waals surface area contributed by atoms with Crippen molar-refractivity contribution in [2.75, 3.05) is 0 Å². The maximum atomic E-state index is 5.94. The van der Waals surface area contributed by atoms with Crippen LogP contribution in [0.5, 0.6) is 0 Å². The second-order valence-corrected chi connectivity index (χ2v) is 4.35. The van der Waals surface area contributed by atoms with E-state index in [1.807, 2.05) is 48.5 Å². The van der Waals surface area contributed by atoms with Gasteiger partial charge < -0.3 is 4.42 Å². The molecule has 1 aromatic carbocycles. The molecule has 4 aromatic rings. The molecule has 0 saturated heterocycles. The number of furan rings is 1. The summed E-state index contributed by atoms with van der Waals surface area (Å²) in [6.07, 6.45) is 3.57. The van der Waals surface area contributed by atoms with Crippen LogP contribution in [-0.4, -0.2) is 9.97 Å². The second kappa shape index (κ2) is 3.92. The van der Waals surface area contributed by atoms with Gasteiger partial charge in [0.25, 0.3) is 0 Å². The van der Waals surface area contributed by atoms with E-state index >= 15 is 0 Å². The normalized spacial score (nSPS) is 11.2. The molecule has 3 heteroatoms. The Morgan fingerprint density at radius 1 is 0.789 bits per heavy atom. The molecular formula is C16H10N2O. The summed E-state index contributed by atoms with van der Waals surface area (Å²) in [5.41, 5.74) is 4.45. The molecule has 90 valence electrons. The van der Waals surface area contributed by atoms with Gasteiger partial charge in [0.2, 0.25) is 0 Å². The van der Waals surface area contributed by atoms with Crippen LogP contribution in [0.2, 0.25) is 0 Å². The molecule has 0 fully saturated rings. The average Bonchev–Trinajstić information content (AvgIpc) is 2.87. The minimum Gasteiger partial charge on any atom is -0.454 e. The zero-order valence-electron chi connectivity index (χ0n) is 10.1. The summed E-state index contributed by atoms with van der Waals surface area (Å²) in [4.78, 5) is 8.78. The third-order valence-corrected chi connectivity index (χ3v) is 3.19. The third-order valence-electron chi connectivity index (χ3n) is 3.19. The Labute approximate surface area is 109 Å². The Balaban J connectivity index is 2.13. The van der Waals surface area contributed by atoms with Crippen LogP contribution < -0.4 is 0 Å². The minimum absolute atomic E-state index is 0.806. The maximum Gasteiger partial charge on any atom is 0.153 e. The summed E-state index contributed by atoms with van der Waals surface area (Å²) < 4.78 is 5.94. The number of benzene rings is 1. The molecule has 0 spiro atoms. The van der Waals surface area contributed by atoms with E-state index in [2.05, 4.69) is 9.97 Å². The van der Waals surface area contributed by atoms with Gasteiger partial charge >= 0.3 is 0 Å². The molecule has 4 rings (SSSR count). The molecule has 0 radical (unpaired) electrons. The number of aromatic nitrogens is 2. The van der Waals surface area contributed by atoms with Crippen LogP contribution in [0.1, 0.15) is 0 Å². The molecule has 0 saturated carbocycles. The van der Waals surface area contributed by atoms with Crippen LogP contribution in [0.15, 0.2) is 65.3 Å². The van der Waals surface area contributed by atoms with Gasteiger partial charge in [-0.15, -0.1) is 0 Å². The first kappa shape index (κ1) is 10.3. The van der Waals surface area contributed by atoms with E-state index in [1.165, 1.54) is 0 Å². The lowest BCUT2D eigenvalue weighted by molar-refractivity contribution is 0.669. The van der Waals surface area contributed by atoms with E-state index in [9.17, 15) is 0 Å². The molecule has 3 heterocycles. The SMILES string of the molecule is c1ccc(-c2cccc3c2oc2cccnc23)nc1. The first-order valence-corrected chi connectivity index (χ1v) is 6.11. The Kier molecular flexibility index (Phi) is 2.12. The molecular weight excluding hydrogens is 236 g/mol. The summed E-state index contributed by atoms with van der Waals surface area (Å²) in [6, 6.07) is 15.7. The largest absolute Gasteiger partial charge is 0.454 e. The van der Waals surface area contributed by atoms with Gasteiger partial charge in [0, 0.05) is 23.3 Å². The van der Waals surface area contributed by atoms with Gasteiger partial charge in [-0.05, 0) is 36.4 Å². The number of hydrogen-bond acceptors (Lipinski definition) is 3. The van der Waals surface area contributed by atoms with E-state index in [0.717, 1.165) is 33.3 Å². The Hall–Kier alpha value is -2.68. The highest BCUT2D eigenvalue weighted by Gasteiger charge is 2.12. The summed E-state index contributed by atoms with van der Waals surface area (Å²) in [7, 11) is 0. The van der Waals surface area contributed by atoms with Crippen LogP contribution in [0.3, 0.4) is 0 Å². The topological polar surface area (TPSA) is 38.9 Å². The number of fused-ring (bicyclic) bond motifs is 3. The van der Waals surface area contributed by atoms with Gasteiger partial charge in [0.05, 0.1) is 5.69 Å². The van der Waals surface area contributed by atoms with Crippen molar-refractivity contribution < 1.29 is 4.42 Å². The van der Waals surface area contributed by atoms with Crippen LogP contribution >= 0.6 is 0 Å². The summed E-state index contributed by atoms with van der Waals surface area (Å²) in [6.45, 7) is 0. The van der Waals surface area contributed by atoms with Crippen LogP contribution in [0, 0.1) is 0 Å². The van der Waals surface area contributed by atoms with Crippen LogP contribution in [0.25, 0.3) is 33.3 Å². The van der Waals surface area contributed by atoms with Crippen molar-refractivity contribution >= 4 is 22.1 Å². The molecule has 0 unspecified atom stereocenters. The molecule has 0 bridgehead atoms. The van der Waals surface area contributed by atoms with Crippen molar-refractivity contribution in [3.05, 3.63) is 60.9 Å². The van der Waals surface area contributed by atoms with Gasteiger partial charge in [0.15, 0.2) is 5.58 Å². The fourth-order valence-electron chi connectivity index (χ4n) is 2.34. The fraction of sp³-hybridized carbons (Fsp3) is 0. The van der Waals surface area contributed by atoms with E-state index in [0.29, 0.717) is 0 Å². The highest BCUT2D eigenvalue weighted by Crippen LogP contribution is 2.33. The summed E-state index contributed by atoms with van der Waals surface area (Å²) in [5, 5.41) is 1.03. The number of nitrogens with zero attached hydrogens (tertiary/aromatic N) is 2. The molecule has 0 aliphatic rings. The van der Waals surface area contributed by atoms with Crippen molar-refractivity contribution in [1.29, 1.82) is 0 Å². The third kappa shape index (κ3) is 1.52. The van der Waals surface area contributed by atoms with Crippen molar-refractivity contribution in [2.24, 2.45) is 0 Å². The number of pyridine rings is 2. The molecule has 0 atom stereocenters. The lowest BCUT2D eigenvalue weighted by Crippen LogP contribution is -1.82. The van der Waals surface area contributed by atoms with Gasteiger partial charge in [-0.1, -0.05) is 12.1 Å². The lowest BCUT2D eigenvalue weighted by atomic mass is 10.1. The van der Waals surface area contributed by atoms with Crippen LogP contribution in [-0.2, 0) is 0 Å². The summed E-state index contributed by atoms with van der Waals surface area (Å²) >= 11 is 0. The van der Waals surface area contributed by atoms with E-state index in [-0.39, 0.29) is 0 Å². The van der Waals surface area contributed by atoms with Crippen LogP contribution in [0.4, 0.5) is 0 Å². The molecule has 3 aromatic heterocycles. The van der Waals surface area contributed by atoms with Gasteiger partial charge in [0.1, 0.15) is 11.1 Å². The quantitative estimate of drug-likeness (QED) is 0.508. The Morgan fingerprint density at radius 2 is 1.74 bits per heavy atom. The predicted molar refractivity (Wildman–Crippen MR) is 74.7 cm³/mol. The molecule has 0 N–H and O–H groups in total. The lowest BCUT2D eigenvalue weighted by Gasteiger charge is -2.00. The first-order chi connectivity index (χ1) is 9.43. The molecule has 0 aliphatic carbocycles. The van der Waals surface area contributed by atoms with Crippen molar-refractivity contribution in [2.45, 2.75) is 0 Å². The number of rotatable bonds is 1. The average molecular weight is 246 g/mol.